The Labute approximate surface area is 122 Å². The molecule has 2 N–H and O–H groups in total. The molecule has 0 bridgehead atoms. The SMILES string of the molecule is Cc1ccc(SCC(N)Cc2c(F)cccc2F)cc1. The fourth-order valence-corrected chi connectivity index (χ4v) is 2.74. The van der Waals surface area contributed by atoms with E-state index in [1.165, 1.54) is 23.8 Å². The molecule has 0 aliphatic heterocycles. The Kier molecular flexibility index (Phi) is 5.15. The van der Waals surface area contributed by atoms with E-state index in [1.807, 2.05) is 31.2 Å². The molecular formula is C16H17F2NS. The van der Waals surface area contributed by atoms with Crippen LogP contribution in [-0.2, 0) is 6.42 Å². The predicted octanol–water partition coefficient (Wildman–Crippen LogP) is 3.94. The Hall–Kier alpha value is -1.39. The molecule has 0 heterocycles. The van der Waals surface area contributed by atoms with Crippen molar-refractivity contribution in [1.29, 1.82) is 0 Å². The largest absolute Gasteiger partial charge is 0.327 e. The van der Waals surface area contributed by atoms with Gasteiger partial charge in [-0.25, -0.2) is 8.78 Å². The van der Waals surface area contributed by atoms with Crippen molar-refractivity contribution in [3.63, 3.8) is 0 Å². The number of halogens is 2. The zero-order valence-corrected chi connectivity index (χ0v) is 12.1. The molecule has 0 aliphatic carbocycles. The summed E-state index contributed by atoms with van der Waals surface area (Å²) in [4.78, 5) is 1.11. The second-order valence-electron chi connectivity index (χ2n) is 4.79. The Morgan fingerprint density at radius 1 is 1.05 bits per heavy atom. The van der Waals surface area contributed by atoms with E-state index in [0.29, 0.717) is 5.75 Å². The van der Waals surface area contributed by atoms with Gasteiger partial charge in [0.1, 0.15) is 11.6 Å². The number of thioether (sulfide) groups is 1. The van der Waals surface area contributed by atoms with Crippen LogP contribution in [0.15, 0.2) is 47.4 Å². The maximum Gasteiger partial charge on any atom is 0.129 e. The molecular weight excluding hydrogens is 276 g/mol. The minimum atomic E-state index is -0.527. The summed E-state index contributed by atoms with van der Waals surface area (Å²) in [6.07, 6.45) is 0.206. The van der Waals surface area contributed by atoms with Crippen LogP contribution in [-0.4, -0.2) is 11.8 Å². The van der Waals surface area contributed by atoms with Crippen LogP contribution in [0.2, 0.25) is 0 Å². The monoisotopic (exact) mass is 293 g/mol. The third-order valence-corrected chi connectivity index (χ3v) is 4.21. The van der Waals surface area contributed by atoms with Gasteiger partial charge in [-0.2, -0.15) is 0 Å². The van der Waals surface area contributed by atoms with Gasteiger partial charge < -0.3 is 5.73 Å². The summed E-state index contributed by atoms with van der Waals surface area (Å²) in [6, 6.07) is 11.7. The van der Waals surface area contributed by atoms with Crippen LogP contribution in [0.3, 0.4) is 0 Å². The number of nitrogens with two attached hydrogens (primary N) is 1. The fourth-order valence-electron chi connectivity index (χ4n) is 1.89. The Balaban J connectivity index is 1.92. The van der Waals surface area contributed by atoms with Gasteiger partial charge in [0.15, 0.2) is 0 Å². The smallest absolute Gasteiger partial charge is 0.129 e. The van der Waals surface area contributed by atoms with Crippen molar-refractivity contribution in [1.82, 2.24) is 0 Å². The van der Waals surface area contributed by atoms with Gasteiger partial charge in [-0.15, -0.1) is 11.8 Å². The summed E-state index contributed by atoms with van der Waals surface area (Å²) in [5.74, 6) is -0.432. The highest BCUT2D eigenvalue weighted by Crippen LogP contribution is 2.21. The molecule has 2 aromatic rings. The quantitative estimate of drug-likeness (QED) is 0.845. The van der Waals surface area contributed by atoms with Crippen LogP contribution < -0.4 is 5.73 Å². The molecule has 0 amide bonds. The zero-order valence-electron chi connectivity index (χ0n) is 11.3. The topological polar surface area (TPSA) is 26.0 Å². The summed E-state index contributed by atoms with van der Waals surface area (Å²) in [5, 5.41) is 0. The van der Waals surface area contributed by atoms with Crippen molar-refractivity contribution in [2.24, 2.45) is 5.73 Å². The van der Waals surface area contributed by atoms with Gasteiger partial charge in [0, 0.05) is 22.3 Å². The maximum atomic E-state index is 13.5. The molecule has 0 aromatic heterocycles. The molecule has 1 unspecified atom stereocenters. The van der Waals surface area contributed by atoms with Crippen LogP contribution in [0.5, 0.6) is 0 Å². The molecule has 4 heteroatoms. The molecule has 0 aliphatic rings. The van der Waals surface area contributed by atoms with E-state index >= 15 is 0 Å². The maximum absolute atomic E-state index is 13.5. The summed E-state index contributed by atoms with van der Waals surface area (Å²) < 4.78 is 27.0. The van der Waals surface area contributed by atoms with E-state index in [0.717, 1.165) is 4.90 Å². The lowest BCUT2D eigenvalue weighted by atomic mass is 10.1. The lowest BCUT2D eigenvalue weighted by Crippen LogP contribution is -2.26. The zero-order chi connectivity index (χ0) is 14.5. The first-order valence-electron chi connectivity index (χ1n) is 6.44. The number of hydrogen-bond donors (Lipinski definition) is 1. The summed E-state index contributed by atoms with van der Waals surface area (Å²) >= 11 is 1.60. The lowest BCUT2D eigenvalue weighted by molar-refractivity contribution is 0.543. The highest BCUT2D eigenvalue weighted by Gasteiger charge is 2.13. The van der Waals surface area contributed by atoms with Crippen LogP contribution in [0.4, 0.5) is 8.78 Å². The minimum absolute atomic E-state index is 0.0736. The van der Waals surface area contributed by atoms with Gasteiger partial charge in [0.05, 0.1) is 0 Å². The minimum Gasteiger partial charge on any atom is -0.327 e. The molecule has 0 fully saturated rings. The molecule has 0 radical (unpaired) electrons. The second-order valence-corrected chi connectivity index (χ2v) is 5.88. The second kappa shape index (κ2) is 6.86. The average molecular weight is 293 g/mol. The number of aryl methyl sites for hydroxylation is 1. The first-order valence-corrected chi connectivity index (χ1v) is 7.43. The fraction of sp³-hybridized carbons (Fsp3) is 0.250. The van der Waals surface area contributed by atoms with Crippen molar-refractivity contribution < 1.29 is 8.78 Å². The van der Waals surface area contributed by atoms with Crippen molar-refractivity contribution in [3.8, 4) is 0 Å². The number of hydrogen-bond acceptors (Lipinski definition) is 2. The van der Waals surface area contributed by atoms with E-state index < -0.39 is 11.6 Å². The van der Waals surface area contributed by atoms with E-state index in [4.69, 9.17) is 5.73 Å². The molecule has 2 aromatic carbocycles. The highest BCUT2D eigenvalue weighted by molar-refractivity contribution is 7.99. The number of rotatable bonds is 5. The van der Waals surface area contributed by atoms with E-state index in [9.17, 15) is 8.78 Å². The van der Waals surface area contributed by atoms with Gasteiger partial charge in [-0.1, -0.05) is 23.8 Å². The first-order chi connectivity index (χ1) is 9.56. The van der Waals surface area contributed by atoms with E-state index in [2.05, 4.69) is 0 Å². The van der Waals surface area contributed by atoms with Crippen molar-refractivity contribution in [2.75, 3.05) is 5.75 Å². The number of benzene rings is 2. The summed E-state index contributed by atoms with van der Waals surface area (Å²) in [6.45, 7) is 2.03. The van der Waals surface area contributed by atoms with Crippen LogP contribution in [0.1, 0.15) is 11.1 Å². The van der Waals surface area contributed by atoms with E-state index in [-0.39, 0.29) is 18.0 Å². The van der Waals surface area contributed by atoms with Gasteiger partial charge >= 0.3 is 0 Å². The predicted molar refractivity (Wildman–Crippen MR) is 79.9 cm³/mol. The lowest BCUT2D eigenvalue weighted by Gasteiger charge is -2.12. The molecule has 20 heavy (non-hydrogen) atoms. The molecule has 0 saturated heterocycles. The van der Waals surface area contributed by atoms with Crippen molar-refractivity contribution in [3.05, 3.63) is 65.2 Å². The highest BCUT2D eigenvalue weighted by atomic mass is 32.2. The molecule has 0 saturated carbocycles. The summed E-state index contributed by atoms with van der Waals surface area (Å²) in [5.41, 5.74) is 7.24. The molecule has 0 spiro atoms. The Morgan fingerprint density at radius 2 is 1.65 bits per heavy atom. The Morgan fingerprint density at radius 3 is 2.25 bits per heavy atom. The van der Waals surface area contributed by atoms with Crippen molar-refractivity contribution >= 4 is 11.8 Å². The molecule has 2 rings (SSSR count). The third kappa shape index (κ3) is 4.05. The van der Waals surface area contributed by atoms with E-state index in [1.54, 1.807) is 11.8 Å². The van der Waals surface area contributed by atoms with Crippen LogP contribution in [0, 0.1) is 18.6 Å². The molecule has 1 nitrogen and oxygen atoms in total. The summed E-state index contributed by atoms with van der Waals surface area (Å²) in [7, 11) is 0. The van der Waals surface area contributed by atoms with Gasteiger partial charge in [0.25, 0.3) is 0 Å². The Bertz CT molecular complexity index is 549. The van der Waals surface area contributed by atoms with Gasteiger partial charge in [-0.05, 0) is 37.6 Å². The van der Waals surface area contributed by atoms with Crippen LogP contribution in [0.25, 0.3) is 0 Å². The molecule has 1 atom stereocenters. The normalized spacial score (nSPS) is 12.4. The van der Waals surface area contributed by atoms with Gasteiger partial charge in [-0.3, -0.25) is 0 Å². The average Bonchev–Trinajstić information content (AvgIpc) is 2.42. The van der Waals surface area contributed by atoms with Crippen molar-refractivity contribution in [2.45, 2.75) is 24.3 Å². The standard InChI is InChI=1S/C16H17F2NS/c1-11-5-7-13(8-6-11)20-10-12(19)9-14-15(17)3-2-4-16(14)18/h2-8,12H,9-10,19H2,1H3. The first kappa shape index (κ1) is 15.0. The molecule has 106 valence electrons. The third-order valence-electron chi connectivity index (χ3n) is 3.01. The van der Waals surface area contributed by atoms with Gasteiger partial charge in [0.2, 0.25) is 0 Å². The van der Waals surface area contributed by atoms with Crippen LogP contribution >= 0.6 is 11.8 Å².